The maximum atomic E-state index is 13.0. The van der Waals surface area contributed by atoms with E-state index in [0.29, 0.717) is 25.0 Å². The predicted octanol–water partition coefficient (Wildman–Crippen LogP) is 2.18. The van der Waals surface area contributed by atoms with E-state index in [1.807, 2.05) is 0 Å². The Hall–Kier alpha value is -1.49. The van der Waals surface area contributed by atoms with Gasteiger partial charge < -0.3 is 10.5 Å². The molecule has 0 radical (unpaired) electrons. The van der Waals surface area contributed by atoms with E-state index in [0.717, 1.165) is 12.1 Å². The molecule has 1 atom stereocenters. The molecule has 1 unspecified atom stereocenters. The van der Waals surface area contributed by atoms with E-state index >= 15 is 0 Å². The summed E-state index contributed by atoms with van der Waals surface area (Å²) in [6.07, 6.45) is 1.09. The summed E-state index contributed by atoms with van der Waals surface area (Å²) in [5.41, 5.74) is 6.43. The Morgan fingerprint density at radius 2 is 2.11 bits per heavy atom. The third-order valence-corrected chi connectivity index (χ3v) is 2.51. The van der Waals surface area contributed by atoms with Crippen molar-refractivity contribution in [3.63, 3.8) is 0 Å². The normalized spacial score (nSPS) is 12.2. The fraction of sp³-hybridized carbons (Fsp3) is 0.462. The molecular formula is C13H17F2NO2. The molecule has 0 amide bonds. The van der Waals surface area contributed by atoms with Crippen LogP contribution in [0.25, 0.3) is 0 Å². The molecule has 0 aromatic heterocycles. The molecule has 1 rings (SSSR count). The number of hydrogen-bond donors (Lipinski definition) is 1. The standard InChI is InChI=1S/C13H17F2NO2/c1-2-18-13(17)6-4-10(16)7-9-3-5-11(14)12(15)8-9/h3,5,8,10H,2,4,6-7,16H2,1H3. The first-order valence-corrected chi connectivity index (χ1v) is 5.88. The van der Waals surface area contributed by atoms with Gasteiger partial charge in [-0.25, -0.2) is 8.78 Å². The van der Waals surface area contributed by atoms with Gasteiger partial charge in [-0.05, 0) is 37.5 Å². The lowest BCUT2D eigenvalue weighted by Crippen LogP contribution is -2.24. The average molecular weight is 257 g/mol. The molecule has 100 valence electrons. The number of rotatable bonds is 6. The molecule has 0 bridgehead atoms. The van der Waals surface area contributed by atoms with Crippen LogP contribution in [0.3, 0.4) is 0 Å². The monoisotopic (exact) mass is 257 g/mol. The molecule has 0 aliphatic carbocycles. The topological polar surface area (TPSA) is 52.3 Å². The largest absolute Gasteiger partial charge is 0.466 e. The van der Waals surface area contributed by atoms with Gasteiger partial charge in [0.25, 0.3) is 0 Å². The smallest absolute Gasteiger partial charge is 0.305 e. The molecule has 0 aliphatic heterocycles. The minimum absolute atomic E-state index is 0.235. The number of halogens is 2. The van der Waals surface area contributed by atoms with Crippen LogP contribution in [0, 0.1) is 11.6 Å². The van der Waals surface area contributed by atoms with Crippen LogP contribution >= 0.6 is 0 Å². The van der Waals surface area contributed by atoms with Crippen LogP contribution in [0.2, 0.25) is 0 Å². The van der Waals surface area contributed by atoms with E-state index in [-0.39, 0.29) is 18.4 Å². The van der Waals surface area contributed by atoms with Gasteiger partial charge >= 0.3 is 5.97 Å². The van der Waals surface area contributed by atoms with Crippen molar-refractivity contribution in [3.8, 4) is 0 Å². The van der Waals surface area contributed by atoms with Gasteiger partial charge in [-0.3, -0.25) is 4.79 Å². The Balaban J connectivity index is 2.42. The lowest BCUT2D eigenvalue weighted by molar-refractivity contribution is -0.143. The van der Waals surface area contributed by atoms with Crippen molar-refractivity contribution >= 4 is 5.97 Å². The molecule has 1 aromatic carbocycles. The molecule has 0 saturated heterocycles. The third-order valence-electron chi connectivity index (χ3n) is 2.51. The highest BCUT2D eigenvalue weighted by atomic mass is 19.2. The molecular weight excluding hydrogens is 240 g/mol. The minimum atomic E-state index is -0.884. The number of carbonyl (C=O) groups is 1. The van der Waals surface area contributed by atoms with Crippen LogP contribution in [-0.2, 0) is 16.0 Å². The zero-order valence-corrected chi connectivity index (χ0v) is 10.3. The summed E-state index contributed by atoms with van der Waals surface area (Å²) < 4.78 is 30.4. The number of esters is 1. The van der Waals surface area contributed by atoms with Crippen LogP contribution in [0.15, 0.2) is 18.2 Å². The summed E-state index contributed by atoms with van der Waals surface area (Å²) in [4.78, 5) is 11.1. The number of benzene rings is 1. The number of ether oxygens (including phenoxy) is 1. The highest BCUT2D eigenvalue weighted by molar-refractivity contribution is 5.69. The Morgan fingerprint density at radius 3 is 2.72 bits per heavy atom. The van der Waals surface area contributed by atoms with E-state index in [1.54, 1.807) is 6.92 Å². The average Bonchev–Trinajstić information content (AvgIpc) is 2.32. The Morgan fingerprint density at radius 1 is 1.39 bits per heavy atom. The Labute approximate surface area is 105 Å². The molecule has 0 fully saturated rings. The maximum absolute atomic E-state index is 13.0. The minimum Gasteiger partial charge on any atom is -0.466 e. The zero-order valence-electron chi connectivity index (χ0n) is 10.3. The van der Waals surface area contributed by atoms with Gasteiger partial charge in [-0.1, -0.05) is 6.07 Å². The van der Waals surface area contributed by atoms with Crippen molar-refractivity contribution in [2.45, 2.75) is 32.2 Å². The molecule has 0 aliphatic rings. The van der Waals surface area contributed by atoms with Crippen LogP contribution in [-0.4, -0.2) is 18.6 Å². The highest BCUT2D eigenvalue weighted by Gasteiger charge is 2.10. The molecule has 18 heavy (non-hydrogen) atoms. The van der Waals surface area contributed by atoms with Gasteiger partial charge in [0.1, 0.15) is 0 Å². The SMILES string of the molecule is CCOC(=O)CCC(N)Cc1ccc(F)c(F)c1. The second-order valence-electron chi connectivity index (χ2n) is 4.06. The van der Waals surface area contributed by atoms with Gasteiger partial charge in [0, 0.05) is 12.5 Å². The molecule has 0 heterocycles. The summed E-state index contributed by atoms with van der Waals surface area (Å²) in [6, 6.07) is 3.41. The van der Waals surface area contributed by atoms with E-state index in [9.17, 15) is 13.6 Å². The van der Waals surface area contributed by atoms with E-state index in [4.69, 9.17) is 10.5 Å². The third kappa shape index (κ3) is 4.79. The first kappa shape index (κ1) is 14.6. The first-order valence-electron chi connectivity index (χ1n) is 5.88. The predicted molar refractivity (Wildman–Crippen MR) is 63.9 cm³/mol. The summed E-state index contributed by atoms with van der Waals surface area (Å²) in [5.74, 6) is -2.05. The number of hydrogen-bond acceptors (Lipinski definition) is 3. The van der Waals surface area contributed by atoms with Crippen LogP contribution in [0.5, 0.6) is 0 Å². The van der Waals surface area contributed by atoms with Crippen LogP contribution in [0.1, 0.15) is 25.3 Å². The molecule has 5 heteroatoms. The molecule has 2 N–H and O–H groups in total. The van der Waals surface area contributed by atoms with E-state index in [2.05, 4.69) is 0 Å². The Kier molecular flexibility index (Phi) is 5.71. The Bertz CT molecular complexity index is 410. The van der Waals surface area contributed by atoms with Gasteiger partial charge in [-0.15, -0.1) is 0 Å². The fourth-order valence-corrected chi connectivity index (χ4v) is 1.61. The quantitative estimate of drug-likeness (QED) is 0.795. The summed E-state index contributed by atoms with van der Waals surface area (Å²) in [5, 5.41) is 0. The van der Waals surface area contributed by atoms with E-state index < -0.39 is 11.6 Å². The summed E-state index contributed by atoms with van der Waals surface area (Å²) in [7, 11) is 0. The van der Waals surface area contributed by atoms with Crippen molar-refractivity contribution in [2.75, 3.05) is 6.61 Å². The second kappa shape index (κ2) is 7.06. The first-order chi connectivity index (χ1) is 8.52. The van der Waals surface area contributed by atoms with Crippen molar-refractivity contribution in [1.29, 1.82) is 0 Å². The van der Waals surface area contributed by atoms with E-state index in [1.165, 1.54) is 6.07 Å². The molecule has 0 spiro atoms. The van der Waals surface area contributed by atoms with Crippen LogP contribution in [0.4, 0.5) is 8.78 Å². The van der Waals surface area contributed by atoms with Crippen molar-refractivity contribution in [1.82, 2.24) is 0 Å². The fourth-order valence-electron chi connectivity index (χ4n) is 1.61. The zero-order chi connectivity index (χ0) is 13.5. The van der Waals surface area contributed by atoms with Gasteiger partial charge in [-0.2, -0.15) is 0 Å². The van der Waals surface area contributed by atoms with Crippen molar-refractivity contribution in [2.24, 2.45) is 5.73 Å². The van der Waals surface area contributed by atoms with Crippen molar-refractivity contribution < 1.29 is 18.3 Å². The molecule has 3 nitrogen and oxygen atoms in total. The van der Waals surface area contributed by atoms with Gasteiger partial charge in [0.05, 0.1) is 6.61 Å². The maximum Gasteiger partial charge on any atom is 0.305 e. The molecule has 1 aromatic rings. The lowest BCUT2D eigenvalue weighted by Gasteiger charge is -2.11. The number of carbonyl (C=O) groups excluding carboxylic acids is 1. The lowest BCUT2D eigenvalue weighted by atomic mass is 10.0. The van der Waals surface area contributed by atoms with Gasteiger partial charge in [0.2, 0.25) is 0 Å². The second-order valence-corrected chi connectivity index (χ2v) is 4.06. The van der Waals surface area contributed by atoms with Gasteiger partial charge in [0.15, 0.2) is 11.6 Å². The highest BCUT2D eigenvalue weighted by Crippen LogP contribution is 2.11. The molecule has 0 saturated carbocycles. The summed E-state index contributed by atoms with van der Waals surface area (Å²) in [6.45, 7) is 2.08. The van der Waals surface area contributed by atoms with Crippen molar-refractivity contribution in [3.05, 3.63) is 35.4 Å². The number of nitrogens with two attached hydrogens (primary N) is 1. The summed E-state index contributed by atoms with van der Waals surface area (Å²) >= 11 is 0. The van der Waals surface area contributed by atoms with Crippen LogP contribution < -0.4 is 5.73 Å².